The van der Waals surface area contributed by atoms with Gasteiger partial charge in [-0.25, -0.2) is 0 Å². The van der Waals surface area contributed by atoms with E-state index in [2.05, 4.69) is 5.32 Å². The summed E-state index contributed by atoms with van der Waals surface area (Å²) in [6, 6.07) is 17.6. The summed E-state index contributed by atoms with van der Waals surface area (Å²) in [6.45, 7) is 1.98. The number of hydrogen-bond acceptors (Lipinski definition) is 1. The Bertz CT molecular complexity index is 551. The van der Waals surface area contributed by atoms with Gasteiger partial charge in [0.15, 0.2) is 0 Å². The lowest BCUT2D eigenvalue weighted by molar-refractivity contribution is -0.121. The molecule has 0 fully saturated rings. The molecule has 2 aromatic rings. The van der Waals surface area contributed by atoms with Crippen LogP contribution in [0.25, 0.3) is 0 Å². The summed E-state index contributed by atoms with van der Waals surface area (Å²) in [5, 5.41) is 3.71. The highest BCUT2D eigenvalue weighted by atomic mass is 35.5. The predicted molar refractivity (Wildman–Crippen MR) is 82.8 cm³/mol. The number of benzene rings is 2. The number of nitrogens with one attached hydrogen (secondary N) is 1. The maximum absolute atomic E-state index is 11.9. The SMILES string of the molecule is CC(NC(=O)CCc1ccccc1)c1ccc(Cl)cc1. The first kappa shape index (κ1) is 14.6. The summed E-state index contributed by atoms with van der Waals surface area (Å²) in [7, 11) is 0. The number of rotatable bonds is 5. The van der Waals surface area contributed by atoms with Gasteiger partial charge in [0.1, 0.15) is 0 Å². The lowest BCUT2D eigenvalue weighted by atomic mass is 10.1. The molecule has 0 saturated heterocycles. The molecule has 1 unspecified atom stereocenters. The van der Waals surface area contributed by atoms with Gasteiger partial charge in [-0.1, -0.05) is 54.1 Å². The van der Waals surface area contributed by atoms with Crippen LogP contribution in [0.5, 0.6) is 0 Å². The molecule has 0 aromatic heterocycles. The monoisotopic (exact) mass is 287 g/mol. The molecular formula is C17H18ClNO. The molecule has 2 aromatic carbocycles. The summed E-state index contributed by atoms with van der Waals surface area (Å²) in [6.07, 6.45) is 1.27. The zero-order valence-electron chi connectivity index (χ0n) is 11.5. The molecule has 0 spiro atoms. The minimum atomic E-state index is -0.00413. The Kier molecular flexibility index (Phi) is 5.19. The standard InChI is InChI=1S/C17H18ClNO/c1-13(15-8-10-16(18)11-9-15)19-17(20)12-7-14-5-3-2-4-6-14/h2-6,8-11,13H,7,12H2,1H3,(H,19,20). The molecule has 0 saturated carbocycles. The van der Waals surface area contributed by atoms with Crippen molar-refractivity contribution in [2.45, 2.75) is 25.8 Å². The molecule has 2 nitrogen and oxygen atoms in total. The second kappa shape index (κ2) is 7.11. The predicted octanol–water partition coefficient (Wildman–Crippen LogP) is 4.15. The summed E-state index contributed by atoms with van der Waals surface area (Å²) < 4.78 is 0. The highest BCUT2D eigenvalue weighted by Crippen LogP contribution is 2.16. The van der Waals surface area contributed by atoms with Gasteiger partial charge >= 0.3 is 0 Å². The quantitative estimate of drug-likeness (QED) is 0.879. The number of carbonyl (C=O) groups is 1. The van der Waals surface area contributed by atoms with Crippen molar-refractivity contribution < 1.29 is 4.79 Å². The Balaban J connectivity index is 1.83. The van der Waals surface area contributed by atoms with E-state index < -0.39 is 0 Å². The maximum Gasteiger partial charge on any atom is 0.220 e. The Labute approximate surface area is 124 Å². The van der Waals surface area contributed by atoms with Gasteiger partial charge in [-0.15, -0.1) is 0 Å². The average Bonchev–Trinajstić information content (AvgIpc) is 2.47. The number of halogens is 1. The highest BCUT2D eigenvalue weighted by Gasteiger charge is 2.09. The van der Waals surface area contributed by atoms with Crippen molar-refractivity contribution in [1.82, 2.24) is 5.32 Å². The highest BCUT2D eigenvalue weighted by molar-refractivity contribution is 6.30. The first-order chi connectivity index (χ1) is 9.65. The zero-order chi connectivity index (χ0) is 14.4. The van der Waals surface area contributed by atoms with E-state index in [9.17, 15) is 4.79 Å². The van der Waals surface area contributed by atoms with E-state index >= 15 is 0 Å². The fourth-order valence-electron chi connectivity index (χ4n) is 2.05. The Hall–Kier alpha value is -1.80. The van der Waals surface area contributed by atoms with Crippen LogP contribution in [0.1, 0.15) is 30.5 Å². The van der Waals surface area contributed by atoms with Gasteiger partial charge in [0, 0.05) is 11.4 Å². The molecular weight excluding hydrogens is 270 g/mol. The molecule has 1 atom stereocenters. The molecule has 0 aliphatic rings. The van der Waals surface area contributed by atoms with Crippen molar-refractivity contribution in [3.05, 3.63) is 70.7 Å². The lowest BCUT2D eigenvalue weighted by Gasteiger charge is -2.14. The zero-order valence-corrected chi connectivity index (χ0v) is 12.2. The number of carbonyl (C=O) groups excluding carboxylic acids is 1. The summed E-state index contributed by atoms with van der Waals surface area (Å²) in [5.74, 6) is 0.0660. The van der Waals surface area contributed by atoms with Crippen molar-refractivity contribution in [2.24, 2.45) is 0 Å². The first-order valence-electron chi connectivity index (χ1n) is 6.74. The molecule has 104 valence electrons. The lowest BCUT2D eigenvalue weighted by Crippen LogP contribution is -2.26. The van der Waals surface area contributed by atoms with E-state index in [1.165, 1.54) is 5.56 Å². The van der Waals surface area contributed by atoms with E-state index in [4.69, 9.17) is 11.6 Å². The average molecular weight is 288 g/mol. The Morgan fingerprint density at radius 3 is 2.40 bits per heavy atom. The Morgan fingerprint density at radius 2 is 1.75 bits per heavy atom. The van der Waals surface area contributed by atoms with Gasteiger partial charge < -0.3 is 5.32 Å². The molecule has 20 heavy (non-hydrogen) atoms. The molecule has 0 heterocycles. The largest absolute Gasteiger partial charge is 0.350 e. The minimum Gasteiger partial charge on any atom is -0.350 e. The van der Waals surface area contributed by atoms with Gasteiger partial charge in [-0.3, -0.25) is 4.79 Å². The topological polar surface area (TPSA) is 29.1 Å². The summed E-state index contributed by atoms with van der Waals surface area (Å²) in [4.78, 5) is 11.9. The van der Waals surface area contributed by atoms with Crippen LogP contribution in [-0.2, 0) is 11.2 Å². The first-order valence-corrected chi connectivity index (χ1v) is 7.11. The van der Waals surface area contributed by atoms with E-state index in [0.29, 0.717) is 11.4 Å². The van der Waals surface area contributed by atoms with Gasteiger partial charge in [0.25, 0.3) is 0 Å². The molecule has 0 aliphatic carbocycles. The van der Waals surface area contributed by atoms with Crippen LogP contribution in [0.4, 0.5) is 0 Å². The van der Waals surface area contributed by atoms with Gasteiger partial charge in [-0.05, 0) is 36.6 Å². The molecule has 0 radical (unpaired) electrons. The minimum absolute atomic E-state index is 0.00413. The van der Waals surface area contributed by atoms with E-state index in [-0.39, 0.29) is 11.9 Å². The van der Waals surface area contributed by atoms with Crippen LogP contribution >= 0.6 is 11.6 Å². The van der Waals surface area contributed by atoms with E-state index in [1.54, 1.807) is 0 Å². The number of aryl methyl sites for hydroxylation is 1. The van der Waals surface area contributed by atoms with Crippen molar-refractivity contribution in [3.8, 4) is 0 Å². The van der Waals surface area contributed by atoms with E-state index in [1.807, 2.05) is 61.5 Å². The summed E-state index contributed by atoms with van der Waals surface area (Å²) >= 11 is 5.85. The van der Waals surface area contributed by atoms with E-state index in [0.717, 1.165) is 12.0 Å². The third kappa shape index (κ3) is 4.39. The van der Waals surface area contributed by atoms with Gasteiger partial charge in [-0.2, -0.15) is 0 Å². The van der Waals surface area contributed by atoms with Crippen LogP contribution in [0.3, 0.4) is 0 Å². The molecule has 1 amide bonds. The molecule has 3 heteroatoms. The Morgan fingerprint density at radius 1 is 1.10 bits per heavy atom. The third-order valence-corrected chi connectivity index (χ3v) is 3.48. The smallest absolute Gasteiger partial charge is 0.220 e. The van der Waals surface area contributed by atoms with Crippen molar-refractivity contribution in [3.63, 3.8) is 0 Å². The maximum atomic E-state index is 11.9. The number of amides is 1. The van der Waals surface area contributed by atoms with Gasteiger partial charge in [0.05, 0.1) is 6.04 Å². The third-order valence-electron chi connectivity index (χ3n) is 3.23. The normalized spacial score (nSPS) is 11.9. The fourth-order valence-corrected chi connectivity index (χ4v) is 2.18. The van der Waals surface area contributed by atoms with Crippen LogP contribution in [0.2, 0.25) is 5.02 Å². The molecule has 0 aliphatic heterocycles. The van der Waals surface area contributed by atoms with Crippen LogP contribution in [0, 0.1) is 0 Å². The van der Waals surface area contributed by atoms with Crippen LogP contribution < -0.4 is 5.32 Å². The van der Waals surface area contributed by atoms with Gasteiger partial charge in [0.2, 0.25) is 5.91 Å². The molecule has 2 rings (SSSR count). The number of hydrogen-bond donors (Lipinski definition) is 1. The van der Waals surface area contributed by atoms with Crippen molar-refractivity contribution in [2.75, 3.05) is 0 Å². The van der Waals surface area contributed by atoms with Crippen molar-refractivity contribution in [1.29, 1.82) is 0 Å². The van der Waals surface area contributed by atoms with Crippen molar-refractivity contribution >= 4 is 17.5 Å². The summed E-state index contributed by atoms with van der Waals surface area (Å²) in [5.41, 5.74) is 2.24. The second-order valence-corrected chi connectivity index (χ2v) is 5.26. The molecule has 1 N–H and O–H groups in total. The molecule has 0 bridgehead atoms. The van der Waals surface area contributed by atoms with Crippen LogP contribution in [0.15, 0.2) is 54.6 Å². The fraction of sp³-hybridized carbons (Fsp3) is 0.235. The second-order valence-electron chi connectivity index (χ2n) is 4.83. The van der Waals surface area contributed by atoms with Crippen LogP contribution in [-0.4, -0.2) is 5.91 Å².